The maximum atomic E-state index is 12.4. The molecule has 9 nitrogen and oxygen atoms in total. The van der Waals surface area contributed by atoms with Crippen molar-refractivity contribution in [3.05, 3.63) is 88.3 Å². The van der Waals surface area contributed by atoms with Gasteiger partial charge in [0.2, 0.25) is 0 Å². The first-order valence-corrected chi connectivity index (χ1v) is 15.9. The fourth-order valence-corrected chi connectivity index (χ4v) is 6.43. The molecule has 1 fully saturated rings. The summed E-state index contributed by atoms with van der Waals surface area (Å²) in [6.45, 7) is 6.26. The molecule has 2 aromatic heterocycles. The van der Waals surface area contributed by atoms with E-state index in [4.69, 9.17) is 24.0 Å². The second-order valence-corrected chi connectivity index (χ2v) is 11.9. The van der Waals surface area contributed by atoms with E-state index in [1.54, 1.807) is 21.1 Å². The SMILES string of the molecule is CCOC(=O)Cc1cc(COC)ccc1OCc1nn(C2CN(CCOC)C2)c2ccc(-c3cccc4c(Br)nccc34)cc12. The van der Waals surface area contributed by atoms with Crippen LogP contribution in [0.5, 0.6) is 5.75 Å². The van der Waals surface area contributed by atoms with E-state index in [-0.39, 0.29) is 25.0 Å². The molecule has 0 aliphatic carbocycles. The van der Waals surface area contributed by atoms with E-state index in [1.807, 2.05) is 30.5 Å². The summed E-state index contributed by atoms with van der Waals surface area (Å²) >= 11 is 3.61. The highest BCUT2D eigenvalue weighted by molar-refractivity contribution is 9.10. The number of methoxy groups -OCH3 is 2. The summed E-state index contributed by atoms with van der Waals surface area (Å²) in [4.78, 5) is 19.2. The van der Waals surface area contributed by atoms with Crippen molar-refractivity contribution in [3.63, 3.8) is 0 Å². The molecule has 6 rings (SSSR count). The van der Waals surface area contributed by atoms with Gasteiger partial charge in [-0.05, 0) is 75.3 Å². The number of hydrogen-bond acceptors (Lipinski definition) is 8. The molecule has 0 atom stereocenters. The van der Waals surface area contributed by atoms with E-state index in [9.17, 15) is 4.79 Å². The van der Waals surface area contributed by atoms with Crippen molar-refractivity contribution in [2.45, 2.75) is 32.6 Å². The Balaban J connectivity index is 1.36. The van der Waals surface area contributed by atoms with Crippen molar-refractivity contribution in [2.24, 2.45) is 0 Å². The zero-order valence-electron chi connectivity index (χ0n) is 25.8. The normalized spacial score (nSPS) is 13.8. The predicted octanol–water partition coefficient (Wildman–Crippen LogP) is 6.35. The molecule has 234 valence electrons. The van der Waals surface area contributed by atoms with Crippen molar-refractivity contribution < 1.29 is 23.7 Å². The van der Waals surface area contributed by atoms with Crippen LogP contribution in [-0.2, 0) is 38.6 Å². The number of aromatic nitrogens is 3. The molecule has 1 saturated heterocycles. The minimum atomic E-state index is -0.295. The summed E-state index contributed by atoms with van der Waals surface area (Å²) in [5.41, 5.74) is 5.84. The Kier molecular flexibility index (Phi) is 9.75. The zero-order valence-corrected chi connectivity index (χ0v) is 27.4. The van der Waals surface area contributed by atoms with E-state index >= 15 is 0 Å². The van der Waals surface area contributed by atoms with Crippen LogP contribution >= 0.6 is 15.9 Å². The van der Waals surface area contributed by atoms with Gasteiger partial charge in [-0.25, -0.2) is 4.98 Å². The zero-order chi connectivity index (χ0) is 31.3. The third-order valence-corrected chi connectivity index (χ3v) is 8.82. The molecule has 0 saturated carbocycles. The molecule has 0 amide bonds. The highest BCUT2D eigenvalue weighted by Crippen LogP contribution is 2.35. The van der Waals surface area contributed by atoms with Gasteiger partial charge in [-0.3, -0.25) is 14.4 Å². The van der Waals surface area contributed by atoms with Crippen LogP contribution < -0.4 is 4.74 Å². The summed E-state index contributed by atoms with van der Waals surface area (Å²) in [6.07, 6.45) is 1.94. The average molecular weight is 674 g/mol. The molecule has 3 aromatic carbocycles. The highest BCUT2D eigenvalue weighted by atomic mass is 79.9. The molecule has 0 spiro atoms. The van der Waals surface area contributed by atoms with Gasteiger partial charge in [-0.2, -0.15) is 5.10 Å². The van der Waals surface area contributed by atoms with E-state index in [1.165, 1.54) is 0 Å². The number of halogens is 1. The number of likely N-dealkylation sites (tertiary alicyclic amines) is 1. The Hall–Kier alpha value is -3.83. The lowest BCUT2D eigenvalue weighted by Crippen LogP contribution is -2.49. The Morgan fingerprint density at radius 1 is 0.978 bits per heavy atom. The smallest absolute Gasteiger partial charge is 0.310 e. The maximum Gasteiger partial charge on any atom is 0.310 e. The van der Waals surface area contributed by atoms with Gasteiger partial charge in [0.15, 0.2) is 0 Å². The molecule has 1 aliphatic rings. The number of benzene rings is 3. The van der Waals surface area contributed by atoms with Gasteiger partial charge < -0.3 is 18.9 Å². The van der Waals surface area contributed by atoms with Crippen LogP contribution in [0.25, 0.3) is 32.8 Å². The van der Waals surface area contributed by atoms with E-state index in [0.29, 0.717) is 25.6 Å². The van der Waals surface area contributed by atoms with Crippen LogP contribution in [0.3, 0.4) is 0 Å². The first-order chi connectivity index (χ1) is 22.0. The first-order valence-electron chi connectivity index (χ1n) is 15.1. The highest BCUT2D eigenvalue weighted by Gasteiger charge is 2.30. The van der Waals surface area contributed by atoms with Gasteiger partial charge in [-0.15, -0.1) is 0 Å². The molecular weight excluding hydrogens is 636 g/mol. The van der Waals surface area contributed by atoms with Gasteiger partial charge in [0, 0.05) is 56.4 Å². The molecule has 0 unspecified atom stereocenters. The molecule has 0 N–H and O–H groups in total. The number of ether oxygens (including phenoxy) is 4. The lowest BCUT2D eigenvalue weighted by Gasteiger charge is -2.39. The summed E-state index contributed by atoms with van der Waals surface area (Å²) in [5.74, 6) is 0.332. The predicted molar refractivity (Wildman–Crippen MR) is 177 cm³/mol. The number of hydrogen-bond donors (Lipinski definition) is 0. The van der Waals surface area contributed by atoms with Crippen LogP contribution in [0, 0.1) is 0 Å². The molecule has 3 heterocycles. The Morgan fingerprint density at radius 3 is 2.64 bits per heavy atom. The molecule has 0 bridgehead atoms. The second kappa shape index (κ2) is 14.1. The Morgan fingerprint density at radius 2 is 1.84 bits per heavy atom. The van der Waals surface area contributed by atoms with E-state index in [2.05, 4.69) is 66.9 Å². The Bertz CT molecular complexity index is 1820. The lowest BCUT2D eigenvalue weighted by atomic mass is 9.98. The van der Waals surface area contributed by atoms with Crippen LogP contribution in [0.15, 0.2) is 71.5 Å². The summed E-state index contributed by atoms with van der Waals surface area (Å²) in [5, 5.41) is 8.34. The third kappa shape index (κ3) is 6.74. The van der Waals surface area contributed by atoms with Crippen molar-refractivity contribution in [3.8, 4) is 16.9 Å². The number of carbonyl (C=O) groups is 1. The van der Waals surface area contributed by atoms with Crippen molar-refractivity contribution in [1.29, 1.82) is 0 Å². The van der Waals surface area contributed by atoms with Crippen molar-refractivity contribution in [2.75, 3.05) is 47.1 Å². The van der Waals surface area contributed by atoms with Crippen LogP contribution in [0.4, 0.5) is 0 Å². The largest absolute Gasteiger partial charge is 0.487 e. The summed E-state index contributed by atoms with van der Waals surface area (Å²) in [7, 11) is 3.38. The fraction of sp³-hybridized carbons (Fsp3) is 0.343. The fourth-order valence-electron chi connectivity index (χ4n) is 5.96. The lowest BCUT2D eigenvalue weighted by molar-refractivity contribution is -0.142. The number of carbonyl (C=O) groups excluding carboxylic acids is 1. The molecule has 10 heteroatoms. The molecule has 45 heavy (non-hydrogen) atoms. The standard InChI is InChI=1S/C35H37BrN4O5/c1-4-44-34(41)18-25-16-23(21-43-3)8-11-33(25)45-22-31-30-17-24(27-6-5-7-29-28(27)12-13-37-35(29)36)9-10-32(30)40(38-31)26-19-39(20-26)14-15-42-2/h5-13,16-17,26H,4,14-15,18-22H2,1-3H3. The number of esters is 1. The number of fused-ring (bicyclic) bond motifs is 2. The second-order valence-electron chi connectivity index (χ2n) is 11.2. The third-order valence-electron chi connectivity index (χ3n) is 8.19. The van der Waals surface area contributed by atoms with Gasteiger partial charge in [0.05, 0.1) is 37.8 Å². The van der Waals surface area contributed by atoms with Gasteiger partial charge >= 0.3 is 5.97 Å². The van der Waals surface area contributed by atoms with Gasteiger partial charge in [-0.1, -0.05) is 30.3 Å². The first kappa shape index (κ1) is 31.2. The monoisotopic (exact) mass is 672 g/mol. The van der Waals surface area contributed by atoms with Crippen molar-refractivity contribution in [1.82, 2.24) is 19.7 Å². The van der Waals surface area contributed by atoms with Crippen molar-refractivity contribution >= 4 is 43.6 Å². The topological polar surface area (TPSA) is 87.9 Å². The number of pyridine rings is 1. The minimum Gasteiger partial charge on any atom is -0.487 e. The van der Waals surface area contributed by atoms with Crippen LogP contribution in [0.1, 0.15) is 29.8 Å². The van der Waals surface area contributed by atoms with Gasteiger partial charge in [0.1, 0.15) is 22.7 Å². The molecule has 5 aromatic rings. The average Bonchev–Trinajstić information content (AvgIpc) is 3.37. The van der Waals surface area contributed by atoms with Crippen LogP contribution in [-0.4, -0.2) is 72.7 Å². The summed E-state index contributed by atoms with van der Waals surface area (Å²) in [6, 6.07) is 20.9. The van der Waals surface area contributed by atoms with Crippen LogP contribution in [0.2, 0.25) is 0 Å². The minimum absolute atomic E-state index is 0.116. The van der Waals surface area contributed by atoms with E-state index in [0.717, 1.165) is 73.9 Å². The van der Waals surface area contributed by atoms with Gasteiger partial charge in [0.25, 0.3) is 0 Å². The maximum absolute atomic E-state index is 12.4. The molecular formula is C35H37BrN4O5. The molecule has 0 radical (unpaired) electrons. The summed E-state index contributed by atoms with van der Waals surface area (Å²) < 4.78 is 25.2. The quantitative estimate of drug-likeness (QED) is 0.106. The van der Waals surface area contributed by atoms with E-state index < -0.39 is 0 Å². The molecule has 1 aliphatic heterocycles. The number of rotatable bonds is 13. The number of nitrogens with zero attached hydrogens (tertiary/aromatic N) is 4. The Labute approximate surface area is 271 Å².